The summed E-state index contributed by atoms with van der Waals surface area (Å²) < 4.78 is 67.4. The maximum Gasteiger partial charge on any atom is 0.472 e. The molecule has 450 valence electrons. The smallest absolute Gasteiger partial charge is 0.462 e. The van der Waals surface area contributed by atoms with Crippen LogP contribution in [0.5, 0.6) is 0 Å². The molecule has 0 aliphatic carbocycles. The first-order valence-corrected chi connectivity index (χ1v) is 33.1. The fraction of sp³-hybridized carbons (Fsp3) is 0.930. The van der Waals surface area contributed by atoms with Gasteiger partial charge in [-0.15, -0.1) is 0 Å². The van der Waals surface area contributed by atoms with Crippen LogP contribution in [0, 0.1) is 5.92 Å². The van der Waals surface area contributed by atoms with E-state index in [0.29, 0.717) is 25.7 Å². The quantitative estimate of drug-likeness (QED) is 0.0222. The van der Waals surface area contributed by atoms with Crippen LogP contribution >= 0.6 is 15.6 Å². The van der Waals surface area contributed by atoms with Crippen molar-refractivity contribution < 1.29 is 80.2 Å². The lowest BCUT2D eigenvalue weighted by molar-refractivity contribution is -0.161. The number of aliphatic hydroxyl groups is 1. The topological polar surface area (TPSA) is 237 Å². The predicted octanol–water partition coefficient (Wildman–Crippen LogP) is 15.1. The molecule has 0 amide bonds. The second kappa shape index (κ2) is 51.2. The zero-order chi connectivity index (χ0) is 56.4. The van der Waals surface area contributed by atoms with Crippen LogP contribution < -0.4 is 0 Å². The number of carbonyl (C=O) groups excluding carboxylic acids is 4. The van der Waals surface area contributed by atoms with Crippen LogP contribution in [0.1, 0.15) is 279 Å². The molecule has 2 unspecified atom stereocenters. The van der Waals surface area contributed by atoms with E-state index in [9.17, 15) is 43.2 Å². The molecule has 76 heavy (non-hydrogen) atoms. The Labute approximate surface area is 460 Å². The van der Waals surface area contributed by atoms with E-state index in [2.05, 4.69) is 34.6 Å². The van der Waals surface area contributed by atoms with E-state index in [4.69, 9.17) is 37.0 Å². The first-order valence-electron chi connectivity index (χ1n) is 30.1. The van der Waals surface area contributed by atoms with Gasteiger partial charge in [-0.05, 0) is 31.6 Å². The minimum absolute atomic E-state index is 0.104. The minimum atomic E-state index is -4.93. The number of carbonyl (C=O) groups is 4. The number of hydrogen-bond donors (Lipinski definition) is 3. The number of aliphatic hydroxyl groups excluding tert-OH is 1. The molecule has 0 aliphatic rings. The van der Waals surface area contributed by atoms with Crippen molar-refractivity contribution in [2.75, 3.05) is 39.6 Å². The summed E-state index contributed by atoms with van der Waals surface area (Å²) in [6.07, 6.45) is 32.5. The van der Waals surface area contributed by atoms with Crippen LogP contribution in [0.2, 0.25) is 0 Å². The van der Waals surface area contributed by atoms with Gasteiger partial charge in [0.25, 0.3) is 0 Å². The number of hydrogen-bond acceptors (Lipinski definition) is 15. The van der Waals surface area contributed by atoms with Gasteiger partial charge >= 0.3 is 39.5 Å². The van der Waals surface area contributed by atoms with E-state index >= 15 is 0 Å². The van der Waals surface area contributed by atoms with E-state index in [-0.39, 0.29) is 25.7 Å². The molecule has 0 spiro atoms. The number of rotatable bonds is 57. The van der Waals surface area contributed by atoms with E-state index in [1.54, 1.807) is 0 Å². The van der Waals surface area contributed by atoms with Crippen molar-refractivity contribution in [3.63, 3.8) is 0 Å². The molecule has 3 N–H and O–H groups in total. The van der Waals surface area contributed by atoms with Gasteiger partial charge in [-0.25, -0.2) is 9.13 Å². The highest BCUT2D eigenvalue weighted by Crippen LogP contribution is 2.45. The molecule has 0 aliphatic heterocycles. The first-order chi connectivity index (χ1) is 36.5. The Hall–Kier alpha value is -1.94. The zero-order valence-corrected chi connectivity index (χ0v) is 50.2. The predicted molar refractivity (Wildman–Crippen MR) is 298 cm³/mol. The Morgan fingerprint density at radius 3 is 0.895 bits per heavy atom. The zero-order valence-electron chi connectivity index (χ0n) is 48.4. The summed E-state index contributed by atoms with van der Waals surface area (Å²) in [5.74, 6) is -1.42. The van der Waals surface area contributed by atoms with Gasteiger partial charge in [-0.2, -0.15) is 0 Å². The van der Waals surface area contributed by atoms with Crippen molar-refractivity contribution in [2.24, 2.45) is 5.92 Å². The summed E-state index contributed by atoms with van der Waals surface area (Å²) in [5, 5.41) is 10.5. The van der Waals surface area contributed by atoms with Crippen molar-refractivity contribution in [2.45, 2.75) is 297 Å². The van der Waals surface area contributed by atoms with Gasteiger partial charge in [0.05, 0.1) is 26.4 Å². The number of ether oxygens (including phenoxy) is 4. The average molecular weight is 1130 g/mol. The molecule has 19 heteroatoms. The standard InChI is InChI=1S/C57H110O17P2/c1-6-9-12-15-17-19-20-23-27-31-36-41-55(60)68-47-53(74-57(62)43-38-33-28-24-21-22-25-30-34-39-50(4)5)49-72-76(65,66)70-45-51(58)44-69-75(63,64)71-48-52(46-67-54(59)40-35-29-14-11-8-3)73-56(61)42-37-32-26-18-16-13-10-7-2/h50-53,58H,6-49H2,1-5H3,(H,63,64)(H,65,66)/t51-,52+,53+/m0/s1. The van der Waals surface area contributed by atoms with Crippen LogP contribution in [-0.2, 0) is 65.4 Å². The van der Waals surface area contributed by atoms with Crippen molar-refractivity contribution >= 4 is 39.5 Å². The van der Waals surface area contributed by atoms with Gasteiger partial charge in [0.2, 0.25) is 0 Å². The van der Waals surface area contributed by atoms with Crippen LogP contribution in [0.4, 0.5) is 0 Å². The molecule has 0 aromatic heterocycles. The minimum Gasteiger partial charge on any atom is -0.462 e. The van der Waals surface area contributed by atoms with E-state index in [1.165, 1.54) is 89.9 Å². The molecular weight excluding hydrogens is 1020 g/mol. The highest BCUT2D eigenvalue weighted by molar-refractivity contribution is 7.47. The molecule has 17 nitrogen and oxygen atoms in total. The maximum absolute atomic E-state index is 12.9. The van der Waals surface area contributed by atoms with Gasteiger partial charge in [-0.3, -0.25) is 37.3 Å². The van der Waals surface area contributed by atoms with Crippen LogP contribution in [-0.4, -0.2) is 96.7 Å². The normalized spacial score (nSPS) is 14.4. The summed E-state index contributed by atoms with van der Waals surface area (Å²) in [5.41, 5.74) is 0. The molecule has 0 radical (unpaired) electrons. The monoisotopic (exact) mass is 1130 g/mol. The van der Waals surface area contributed by atoms with Crippen molar-refractivity contribution in [3.05, 3.63) is 0 Å². The Morgan fingerprint density at radius 2 is 0.605 bits per heavy atom. The van der Waals surface area contributed by atoms with Crippen molar-refractivity contribution in [1.29, 1.82) is 0 Å². The molecule has 0 aromatic carbocycles. The molecule has 0 rings (SSSR count). The van der Waals surface area contributed by atoms with Crippen molar-refractivity contribution in [3.8, 4) is 0 Å². The third-order valence-corrected chi connectivity index (χ3v) is 14.9. The second-order valence-corrected chi connectivity index (χ2v) is 24.1. The van der Waals surface area contributed by atoms with Gasteiger partial charge in [-0.1, -0.05) is 227 Å². The average Bonchev–Trinajstić information content (AvgIpc) is 3.38. The number of phosphoric acid groups is 2. The molecule has 0 aromatic rings. The Bertz CT molecular complexity index is 1500. The Morgan fingerprint density at radius 1 is 0.355 bits per heavy atom. The third kappa shape index (κ3) is 51.5. The Kier molecular flexibility index (Phi) is 49.9. The van der Waals surface area contributed by atoms with E-state index < -0.39 is 97.5 Å². The van der Waals surface area contributed by atoms with Gasteiger partial charge < -0.3 is 33.8 Å². The maximum atomic E-state index is 12.9. The fourth-order valence-electron chi connectivity index (χ4n) is 8.34. The number of unbranched alkanes of at least 4 members (excludes halogenated alkanes) is 29. The first kappa shape index (κ1) is 74.1. The summed E-state index contributed by atoms with van der Waals surface area (Å²) in [6, 6.07) is 0. The molecular formula is C57H110O17P2. The van der Waals surface area contributed by atoms with E-state index in [1.807, 2.05) is 0 Å². The van der Waals surface area contributed by atoms with Crippen molar-refractivity contribution in [1.82, 2.24) is 0 Å². The largest absolute Gasteiger partial charge is 0.472 e. The summed E-state index contributed by atoms with van der Waals surface area (Å²) in [4.78, 5) is 71.5. The molecule has 5 atom stereocenters. The highest BCUT2D eigenvalue weighted by atomic mass is 31.2. The van der Waals surface area contributed by atoms with Crippen LogP contribution in [0.3, 0.4) is 0 Å². The van der Waals surface area contributed by atoms with Gasteiger partial charge in [0, 0.05) is 25.7 Å². The van der Waals surface area contributed by atoms with Gasteiger partial charge in [0.15, 0.2) is 12.2 Å². The Balaban J connectivity index is 5.18. The SMILES string of the molecule is CCCCCCCCCCCCCC(=O)OC[C@H](COP(=O)(O)OC[C@@H](O)COP(=O)(O)OC[C@@H](COC(=O)CCCCCCC)OC(=O)CCCCCCCCCC)OC(=O)CCCCCCCCCCCC(C)C. The number of phosphoric ester groups is 2. The lowest BCUT2D eigenvalue weighted by Gasteiger charge is -2.21. The lowest BCUT2D eigenvalue weighted by Crippen LogP contribution is -2.30. The number of esters is 4. The molecule has 0 saturated carbocycles. The lowest BCUT2D eigenvalue weighted by atomic mass is 10.0. The molecule has 0 bridgehead atoms. The van der Waals surface area contributed by atoms with E-state index in [0.717, 1.165) is 109 Å². The fourth-order valence-corrected chi connectivity index (χ4v) is 9.92. The second-order valence-electron chi connectivity index (χ2n) is 21.2. The summed E-state index contributed by atoms with van der Waals surface area (Å²) >= 11 is 0. The molecule has 0 fully saturated rings. The van der Waals surface area contributed by atoms with Crippen LogP contribution in [0.15, 0.2) is 0 Å². The highest BCUT2D eigenvalue weighted by Gasteiger charge is 2.30. The third-order valence-electron chi connectivity index (χ3n) is 13.0. The van der Waals surface area contributed by atoms with Gasteiger partial charge in [0.1, 0.15) is 19.3 Å². The molecule has 0 saturated heterocycles. The molecule has 0 heterocycles. The summed E-state index contributed by atoms with van der Waals surface area (Å²) in [7, 11) is -9.86. The summed E-state index contributed by atoms with van der Waals surface area (Å²) in [6.45, 7) is 7.00. The van der Waals surface area contributed by atoms with Crippen LogP contribution in [0.25, 0.3) is 0 Å².